The average molecular weight is 388 g/mol. The first-order chi connectivity index (χ1) is 12.3. The molecule has 0 fully saturated rings. The van der Waals surface area contributed by atoms with E-state index in [0.29, 0.717) is 16.2 Å². The summed E-state index contributed by atoms with van der Waals surface area (Å²) in [7, 11) is 2.60. The molecule has 0 N–H and O–H groups in total. The highest BCUT2D eigenvalue weighted by Gasteiger charge is 2.37. The van der Waals surface area contributed by atoms with E-state index in [-0.39, 0.29) is 15.5 Å². The maximum atomic E-state index is 13.4. The van der Waals surface area contributed by atoms with Gasteiger partial charge in [-0.15, -0.1) is 0 Å². The van der Waals surface area contributed by atoms with Gasteiger partial charge in [0.25, 0.3) is 4.92 Å². The van der Waals surface area contributed by atoms with Crippen molar-refractivity contribution in [2.75, 3.05) is 14.2 Å². The number of alkyl halides is 3. The van der Waals surface area contributed by atoms with Crippen LogP contribution < -0.4 is 4.74 Å². The van der Waals surface area contributed by atoms with Crippen LogP contribution in [0, 0.1) is 11.8 Å². The lowest BCUT2D eigenvalue weighted by molar-refractivity contribution is -0.736. The van der Waals surface area contributed by atoms with Crippen molar-refractivity contribution in [1.82, 2.24) is 0 Å². The quantitative estimate of drug-likeness (QED) is 0.574. The number of halogens is 3. The Morgan fingerprint density at radius 1 is 1.04 bits per heavy atom. The molecule has 2 aromatic carbocycles. The molecule has 0 saturated carbocycles. The third-order valence-corrected chi connectivity index (χ3v) is 4.47. The molecule has 2 rings (SSSR count). The lowest BCUT2D eigenvalue weighted by Crippen LogP contribution is -2.10. The van der Waals surface area contributed by atoms with Crippen molar-refractivity contribution in [1.29, 1.82) is 0 Å². The maximum Gasteiger partial charge on any atom is 0.417 e. The Kier molecular flexibility index (Phi) is 7.95. The Labute approximate surface area is 154 Å². The topological polar surface area (TPSA) is 38.5 Å². The molecule has 0 aliphatic rings. The Morgan fingerprint density at radius 3 is 2.08 bits per heavy atom. The molecule has 2 aromatic rings. The summed E-state index contributed by atoms with van der Waals surface area (Å²) in [5, 5.41) is 0. The van der Waals surface area contributed by atoms with Gasteiger partial charge in [-0.05, 0) is 36.8 Å². The smallest absolute Gasteiger partial charge is 0.417 e. The first kappa shape index (κ1) is 21.8. The molecule has 0 aromatic heterocycles. The van der Waals surface area contributed by atoms with E-state index >= 15 is 0 Å². The molecule has 142 valence electrons. The number of benzene rings is 2. The van der Waals surface area contributed by atoms with Crippen LogP contribution in [-0.4, -0.2) is 19.1 Å². The van der Waals surface area contributed by atoms with Gasteiger partial charge in [0.05, 0.1) is 17.6 Å². The summed E-state index contributed by atoms with van der Waals surface area (Å²) >= 11 is 0.978. The molecule has 0 spiro atoms. The molecular formula is C18H21F3NO3S+. The normalized spacial score (nSPS) is 10.6. The second-order valence-corrected chi connectivity index (χ2v) is 5.94. The fourth-order valence-electron chi connectivity index (χ4n) is 2.07. The van der Waals surface area contributed by atoms with E-state index in [9.17, 15) is 18.1 Å². The van der Waals surface area contributed by atoms with Crippen molar-refractivity contribution in [2.45, 2.75) is 36.7 Å². The van der Waals surface area contributed by atoms with Gasteiger partial charge >= 0.3 is 11.9 Å². The number of aryl methyl sites for hydroxylation is 1. The number of methoxy groups -OCH3 is 1. The molecule has 4 nitrogen and oxygen atoms in total. The van der Waals surface area contributed by atoms with E-state index in [1.165, 1.54) is 20.1 Å². The van der Waals surface area contributed by atoms with Gasteiger partial charge in [0.2, 0.25) is 0 Å². The molecule has 0 aliphatic heterocycles. The van der Waals surface area contributed by atoms with E-state index in [1.807, 2.05) is 13.8 Å². The van der Waals surface area contributed by atoms with Gasteiger partial charge in [0.1, 0.15) is 5.75 Å². The molecule has 8 heteroatoms. The van der Waals surface area contributed by atoms with E-state index in [1.54, 1.807) is 24.3 Å². The van der Waals surface area contributed by atoms with Gasteiger partial charge in [-0.2, -0.15) is 13.2 Å². The van der Waals surface area contributed by atoms with E-state index < -0.39 is 11.7 Å². The zero-order chi connectivity index (χ0) is 19.9. The van der Waals surface area contributed by atoms with Crippen molar-refractivity contribution >= 4 is 17.4 Å². The predicted molar refractivity (Wildman–Crippen MR) is 94.9 cm³/mol. The average Bonchev–Trinajstić information content (AvgIpc) is 2.63. The minimum Gasteiger partial charge on any atom is -0.497 e. The van der Waals surface area contributed by atoms with E-state index in [0.717, 1.165) is 24.9 Å². The van der Waals surface area contributed by atoms with Crippen LogP contribution in [0.5, 0.6) is 5.75 Å². The summed E-state index contributed by atoms with van der Waals surface area (Å²) in [6.07, 6.45) is -4.59. The number of rotatable bonds is 5. The fraction of sp³-hybridized carbons (Fsp3) is 0.333. The zero-order valence-electron chi connectivity index (χ0n) is 15.2. The van der Waals surface area contributed by atoms with Gasteiger partial charge in [0, 0.05) is 21.9 Å². The van der Waals surface area contributed by atoms with E-state index in [4.69, 9.17) is 4.74 Å². The van der Waals surface area contributed by atoms with Crippen LogP contribution in [0.2, 0.25) is 0 Å². The highest BCUT2D eigenvalue weighted by molar-refractivity contribution is 7.99. The van der Waals surface area contributed by atoms with Gasteiger partial charge in [0.15, 0.2) is 7.11 Å². The molecule has 0 radical (unpaired) electrons. The van der Waals surface area contributed by atoms with Crippen LogP contribution in [0.25, 0.3) is 0 Å². The van der Waals surface area contributed by atoms with Crippen molar-refractivity contribution in [2.24, 2.45) is 0 Å². The van der Waals surface area contributed by atoms with Gasteiger partial charge in [-0.3, -0.25) is 0 Å². The first-order valence-electron chi connectivity index (χ1n) is 7.81. The SMILES string of the molecule is CC.COc1ccc(Sc2c(C)cc([N+](=O)OC)cc2C(F)(F)F)cc1. The lowest BCUT2D eigenvalue weighted by Gasteiger charge is -2.14. The van der Waals surface area contributed by atoms with Crippen LogP contribution >= 0.6 is 11.8 Å². The Balaban J connectivity index is 0.00000163. The lowest BCUT2D eigenvalue weighted by atomic mass is 10.1. The van der Waals surface area contributed by atoms with Crippen LogP contribution in [-0.2, 0) is 11.0 Å². The molecule has 0 bridgehead atoms. The standard InChI is InChI=1S/C16H15F3NO3S.C2H6/c1-10-8-11(20(21)23-3)9-14(16(17,18)19)15(10)24-13-6-4-12(22-2)5-7-13;1-2/h4-9H,1-3H3;1-2H3/q+1;. The summed E-state index contributed by atoms with van der Waals surface area (Å²) in [6, 6.07) is 8.83. The second-order valence-electron chi connectivity index (χ2n) is 4.85. The molecule has 0 saturated heterocycles. The summed E-state index contributed by atoms with van der Waals surface area (Å²) in [6.45, 7) is 5.52. The van der Waals surface area contributed by atoms with Gasteiger partial charge in [-0.25, -0.2) is 4.84 Å². The summed E-state index contributed by atoms with van der Waals surface area (Å²) in [5.74, 6) is 0.615. The van der Waals surface area contributed by atoms with Crippen molar-refractivity contribution in [3.8, 4) is 5.75 Å². The molecule has 0 atom stereocenters. The van der Waals surface area contributed by atoms with Crippen LogP contribution in [0.15, 0.2) is 46.2 Å². The Hall–Kier alpha value is -2.22. The molecule has 0 aliphatic carbocycles. The largest absolute Gasteiger partial charge is 0.497 e. The third kappa shape index (κ3) is 5.39. The fourth-order valence-corrected chi connectivity index (χ4v) is 3.09. The van der Waals surface area contributed by atoms with Crippen molar-refractivity contribution < 1.29 is 27.7 Å². The van der Waals surface area contributed by atoms with Crippen LogP contribution in [0.4, 0.5) is 18.9 Å². The number of hydrogen-bond donors (Lipinski definition) is 0. The third-order valence-electron chi connectivity index (χ3n) is 3.22. The van der Waals surface area contributed by atoms with Crippen molar-refractivity contribution in [3.63, 3.8) is 0 Å². The van der Waals surface area contributed by atoms with Crippen molar-refractivity contribution in [3.05, 3.63) is 52.4 Å². The minimum absolute atomic E-state index is 0.0425. The monoisotopic (exact) mass is 388 g/mol. The highest BCUT2D eigenvalue weighted by atomic mass is 32.2. The zero-order valence-corrected chi connectivity index (χ0v) is 16.0. The molecule has 26 heavy (non-hydrogen) atoms. The number of hydrogen-bond acceptors (Lipinski definition) is 4. The Morgan fingerprint density at radius 2 is 1.62 bits per heavy atom. The maximum absolute atomic E-state index is 13.4. The molecule has 0 amide bonds. The molecular weight excluding hydrogens is 367 g/mol. The predicted octanol–water partition coefficient (Wildman–Crippen LogP) is 6.17. The van der Waals surface area contributed by atoms with E-state index in [2.05, 4.69) is 4.84 Å². The number of nitrogens with zero attached hydrogens (tertiary/aromatic N) is 1. The molecule has 0 heterocycles. The summed E-state index contributed by atoms with van der Waals surface area (Å²) in [4.78, 5) is 16.6. The van der Waals surface area contributed by atoms with Crippen LogP contribution in [0.3, 0.4) is 0 Å². The Bertz CT molecular complexity index is 747. The first-order valence-corrected chi connectivity index (χ1v) is 8.63. The highest BCUT2D eigenvalue weighted by Crippen LogP contribution is 2.43. The molecule has 0 unspecified atom stereocenters. The van der Waals surface area contributed by atoms with Crippen LogP contribution in [0.1, 0.15) is 25.0 Å². The van der Waals surface area contributed by atoms with Gasteiger partial charge in [-0.1, -0.05) is 25.6 Å². The number of ether oxygens (including phenoxy) is 1. The van der Waals surface area contributed by atoms with Gasteiger partial charge < -0.3 is 4.74 Å². The summed E-state index contributed by atoms with van der Waals surface area (Å²) < 4.78 is 45.2. The minimum atomic E-state index is -4.59. The second kappa shape index (κ2) is 9.47. The summed E-state index contributed by atoms with van der Waals surface area (Å²) in [5.41, 5.74) is -0.754.